The number of aromatic nitrogens is 1. The maximum Gasteiger partial charge on any atom is 0.267 e. The van der Waals surface area contributed by atoms with Crippen molar-refractivity contribution in [3.63, 3.8) is 0 Å². The Kier molecular flexibility index (Phi) is 5.42. The average molecular weight is 266 g/mol. The smallest absolute Gasteiger partial charge is 0.267 e. The molecule has 2 N–H and O–H groups in total. The molecule has 1 aromatic rings. The second-order valence-electron chi connectivity index (χ2n) is 4.83. The summed E-state index contributed by atoms with van der Waals surface area (Å²) in [5.41, 5.74) is 0.731. The lowest BCUT2D eigenvalue weighted by molar-refractivity contribution is 0.0831. The fourth-order valence-corrected chi connectivity index (χ4v) is 2.58. The second-order valence-corrected chi connectivity index (χ2v) is 4.83. The third kappa shape index (κ3) is 3.81. The summed E-state index contributed by atoms with van der Waals surface area (Å²) in [4.78, 5) is 12.1. The molecule has 0 unspecified atom stereocenters. The molecule has 1 amide bonds. The number of hydrogen-bond acceptors (Lipinski definition) is 3. The van der Waals surface area contributed by atoms with Gasteiger partial charge in [-0.1, -0.05) is 12.8 Å². The minimum atomic E-state index is -0.0514. The first-order chi connectivity index (χ1) is 9.33. The average Bonchev–Trinajstić information content (AvgIpc) is 3.08. The Morgan fingerprint density at radius 2 is 2.21 bits per heavy atom. The summed E-state index contributed by atoms with van der Waals surface area (Å²) in [7, 11) is 0. The van der Waals surface area contributed by atoms with Crippen molar-refractivity contribution in [1.29, 1.82) is 0 Å². The summed E-state index contributed by atoms with van der Waals surface area (Å²) in [6, 6.07) is 4.26. The number of aliphatic hydroxyl groups is 1. The van der Waals surface area contributed by atoms with Crippen LogP contribution < -0.4 is 5.32 Å². The lowest BCUT2D eigenvalue weighted by Crippen LogP contribution is -2.29. The van der Waals surface area contributed by atoms with Crippen LogP contribution in [0.4, 0.5) is 0 Å². The van der Waals surface area contributed by atoms with Gasteiger partial charge in [-0.15, -0.1) is 0 Å². The van der Waals surface area contributed by atoms with Gasteiger partial charge in [0.05, 0.1) is 19.8 Å². The Morgan fingerprint density at radius 1 is 1.42 bits per heavy atom. The van der Waals surface area contributed by atoms with Crippen molar-refractivity contribution < 1.29 is 14.6 Å². The molecule has 0 radical (unpaired) electrons. The Bertz CT molecular complexity index is 397. The van der Waals surface area contributed by atoms with Crippen molar-refractivity contribution in [3.05, 3.63) is 24.0 Å². The van der Waals surface area contributed by atoms with Gasteiger partial charge >= 0.3 is 0 Å². The van der Waals surface area contributed by atoms with Crippen LogP contribution in [0.15, 0.2) is 18.3 Å². The number of carbonyl (C=O) groups is 1. The molecule has 0 aromatic carbocycles. The van der Waals surface area contributed by atoms with E-state index in [4.69, 9.17) is 9.84 Å². The monoisotopic (exact) mass is 266 g/mol. The summed E-state index contributed by atoms with van der Waals surface area (Å²) >= 11 is 0. The van der Waals surface area contributed by atoms with Gasteiger partial charge in [-0.05, 0) is 25.0 Å². The molecular weight excluding hydrogens is 244 g/mol. The van der Waals surface area contributed by atoms with E-state index in [1.54, 1.807) is 0 Å². The van der Waals surface area contributed by atoms with Crippen molar-refractivity contribution in [1.82, 2.24) is 9.88 Å². The highest BCUT2D eigenvalue weighted by Crippen LogP contribution is 2.30. The molecule has 0 saturated heterocycles. The zero-order valence-electron chi connectivity index (χ0n) is 11.2. The molecule has 2 rings (SSSR count). The highest BCUT2D eigenvalue weighted by Gasteiger charge is 2.20. The number of nitrogens with zero attached hydrogens (tertiary/aromatic N) is 1. The number of hydrogen-bond donors (Lipinski definition) is 2. The van der Waals surface area contributed by atoms with E-state index in [0.29, 0.717) is 25.8 Å². The molecule has 1 aromatic heterocycles. The molecular formula is C14H22N2O3. The lowest BCUT2D eigenvalue weighted by atomic mass is 10.2. The van der Waals surface area contributed by atoms with Gasteiger partial charge in [0.15, 0.2) is 0 Å². The second kappa shape index (κ2) is 7.31. The largest absolute Gasteiger partial charge is 0.394 e. The molecule has 1 heterocycles. The van der Waals surface area contributed by atoms with Gasteiger partial charge in [-0.3, -0.25) is 4.79 Å². The van der Waals surface area contributed by atoms with Crippen molar-refractivity contribution in [2.24, 2.45) is 0 Å². The van der Waals surface area contributed by atoms with Crippen LogP contribution in [0.2, 0.25) is 0 Å². The van der Waals surface area contributed by atoms with Crippen LogP contribution in [-0.2, 0) is 4.74 Å². The highest BCUT2D eigenvalue weighted by molar-refractivity contribution is 5.92. The zero-order chi connectivity index (χ0) is 13.5. The standard InChI is InChI=1S/C14H22N2O3/c17-9-11-19-10-7-15-14(18)13-6-3-8-16(13)12-4-1-2-5-12/h3,6,8,12,17H,1-2,4-5,7,9-11H2,(H,15,18). The van der Waals surface area contributed by atoms with Crippen LogP contribution >= 0.6 is 0 Å². The number of carbonyl (C=O) groups excluding carboxylic acids is 1. The number of amides is 1. The molecule has 0 atom stereocenters. The normalized spacial score (nSPS) is 15.8. The number of aliphatic hydroxyl groups excluding tert-OH is 1. The predicted octanol–water partition coefficient (Wildman–Crippen LogP) is 1.34. The van der Waals surface area contributed by atoms with Crippen molar-refractivity contribution in [3.8, 4) is 0 Å². The maximum atomic E-state index is 12.1. The Morgan fingerprint density at radius 3 is 2.95 bits per heavy atom. The van der Waals surface area contributed by atoms with Crippen molar-refractivity contribution in [2.75, 3.05) is 26.4 Å². The van der Waals surface area contributed by atoms with E-state index in [1.165, 1.54) is 12.8 Å². The minimum absolute atomic E-state index is 0.0124. The maximum absolute atomic E-state index is 12.1. The van der Waals surface area contributed by atoms with E-state index in [1.807, 2.05) is 18.3 Å². The summed E-state index contributed by atoms with van der Waals surface area (Å²) < 4.78 is 7.20. The molecule has 106 valence electrons. The molecule has 1 saturated carbocycles. The zero-order valence-corrected chi connectivity index (χ0v) is 11.2. The van der Waals surface area contributed by atoms with Crippen LogP contribution in [-0.4, -0.2) is 41.9 Å². The third-order valence-corrected chi connectivity index (χ3v) is 3.50. The first kappa shape index (κ1) is 14.1. The minimum Gasteiger partial charge on any atom is -0.394 e. The summed E-state index contributed by atoms with van der Waals surface area (Å²) in [6.45, 7) is 1.22. The highest BCUT2D eigenvalue weighted by atomic mass is 16.5. The Hall–Kier alpha value is -1.33. The molecule has 5 nitrogen and oxygen atoms in total. The van der Waals surface area contributed by atoms with Gasteiger partial charge in [0.2, 0.25) is 0 Å². The molecule has 1 aliphatic carbocycles. The fourth-order valence-electron chi connectivity index (χ4n) is 2.58. The van der Waals surface area contributed by atoms with E-state index in [0.717, 1.165) is 18.5 Å². The van der Waals surface area contributed by atoms with Crippen LogP contribution in [0.25, 0.3) is 0 Å². The molecule has 0 bridgehead atoms. The van der Waals surface area contributed by atoms with Gasteiger partial charge in [0.25, 0.3) is 5.91 Å². The molecule has 1 fully saturated rings. The van der Waals surface area contributed by atoms with Crippen LogP contribution in [0.5, 0.6) is 0 Å². The van der Waals surface area contributed by atoms with Crippen LogP contribution in [0.3, 0.4) is 0 Å². The number of ether oxygens (including phenoxy) is 1. The number of nitrogens with one attached hydrogen (secondary N) is 1. The van der Waals surface area contributed by atoms with Gasteiger partial charge in [0.1, 0.15) is 5.69 Å². The van der Waals surface area contributed by atoms with Gasteiger partial charge in [0, 0.05) is 18.8 Å². The fraction of sp³-hybridized carbons (Fsp3) is 0.643. The van der Waals surface area contributed by atoms with Crippen LogP contribution in [0.1, 0.15) is 42.2 Å². The lowest BCUT2D eigenvalue weighted by Gasteiger charge is -2.15. The van der Waals surface area contributed by atoms with Gasteiger partial charge in [-0.25, -0.2) is 0 Å². The quantitative estimate of drug-likeness (QED) is 0.732. The van der Waals surface area contributed by atoms with E-state index in [-0.39, 0.29) is 12.5 Å². The molecule has 1 aliphatic rings. The molecule has 0 spiro atoms. The molecule has 0 aliphatic heterocycles. The first-order valence-electron chi connectivity index (χ1n) is 6.96. The van der Waals surface area contributed by atoms with Crippen molar-refractivity contribution in [2.45, 2.75) is 31.7 Å². The SMILES string of the molecule is O=C(NCCOCCO)c1cccn1C1CCCC1. The first-order valence-corrected chi connectivity index (χ1v) is 6.96. The third-order valence-electron chi connectivity index (χ3n) is 3.50. The van der Waals surface area contributed by atoms with E-state index in [2.05, 4.69) is 9.88 Å². The van der Waals surface area contributed by atoms with Crippen molar-refractivity contribution >= 4 is 5.91 Å². The number of rotatable bonds is 7. The molecule has 19 heavy (non-hydrogen) atoms. The Balaban J connectivity index is 1.83. The van der Waals surface area contributed by atoms with Gasteiger partial charge < -0.3 is 19.7 Å². The van der Waals surface area contributed by atoms with Crippen LogP contribution in [0, 0.1) is 0 Å². The predicted molar refractivity (Wildman–Crippen MR) is 72.2 cm³/mol. The van der Waals surface area contributed by atoms with Gasteiger partial charge in [-0.2, -0.15) is 0 Å². The Labute approximate surface area is 113 Å². The van der Waals surface area contributed by atoms with E-state index >= 15 is 0 Å². The summed E-state index contributed by atoms with van der Waals surface area (Å²) in [5, 5.41) is 11.4. The summed E-state index contributed by atoms with van der Waals surface area (Å²) in [6.07, 6.45) is 6.81. The van der Waals surface area contributed by atoms with E-state index < -0.39 is 0 Å². The molecule has 5 heteroatoms. The summed E-state index contributed by atoms with van der Waals surface area (Å²) in [5.74, 6) is -0.0514. The van der Waals surface area contributed by atoms with E-state index in [9.17, 15) is 4.79 Å². The topological polar surface area (TPSA) is 63.5 Å².